The third-order valence-electron chi connectivity index (χ3n) is 6.12. The second kappa shape index (κ2) is 12.7. The van der Waals surface area contributed by atoms with Crippen LogP contribution in [0.4, 0.5) is 11.5 Å². The van der Waals surface area contributed by atoms with Crippen LogP contribution in [-0.4, -0.2) is 53.5 Å². The standard InChI is InChI=1S/C30H30N6O3/c31-29-28(22-11-13-25(14-12-22)38-24-7-2-1-3-8-24)30(34-21-33-29)39-26-9-4-6-23(20-26)35-27(37)10-5-17-36-18-15-32-16-19-36/h1-14,20-21,32H,15-19H2,(H,35,37)(H2,31,33,34). The summed E-state index contributed by atoms with van der Waals surface area (Å²) < 4.78 is 12.0. The average Bonchev–Trinajstić information content (AvgIpc) is 2.95. The van der Waals surface area contributed by atoms with Gasteiger partial charge in [-0.15, -0.1) is 0 Å². The maximum Gasteiger partial charge on any atom is 0.248 e. The fourth-order valence-electron chi connectivity index (χ4n) is 4.18. The van der Waals surface area contributed by atoms with E-state index in [4.69, 9.17) is 15.2 Å². The monoisotopic (exact) mass is 522 g/mol. The van der Waals surface area contributed by atoms with Crippen molar-refractivity contribution in [3.63, 3.8) is 0 Å². The van der Waals surface area contributed by atoms with Gasteiger partial charge in [0.2, 0.25) is 11.8 Å². The Hall–Kier alpha value is -4.73. The third kappa shape index (κ3) is 7.19. The first-order chi connectivity index (χ1) is 19.1. The van der Waals surface area contributed by atoms with Gasteiger partial charge in [-0.25, -0.2) is 9.97 Å². The van der Waals surface area contributed by atoms with Crippen molar-refractivity contribution in [1.29, 1.82) is 0 Å². The number of anilines is 2. The van der Waals surface area contributed by atoms with Crippen molar-refractivity contribution in [3.05, 3.63) is 97.3 Å². The molecule has 9 heteroatoms. The van der Waals surface area contributed by atoms with Crippen molar-refractivity contribution in [1.82, 2.24) is 20.2 Å². The first-order valence-electron chi connectivity index (χ1n) is 12.8. The Bertz CT molecular complexity index is 1420. The lowest BCUT2D eigenvalue weighted by molar-refractivity contribution is -0.111. The molecule has 39 heavy (non-hydrogen) atoms. The summed E-state index contributed by atoms with van der Waals surface area (Å²) in [4.78, 5) is 23.2. The van der Waals surface area contributed by atoms with Crippen molar-refractivity contribution in [2.45, 2.75) is 0 Å². The molecule has 1 saturated heterocycles. The molecule has 4 N–H and O–H groups in total. The summed E-state index contributed by atoms with van der Waals surface area (Å²) in [6, 6.07) is 24.1. The summed E-state index contributed by atoms with van der Waals surface area (Å²) >= 11 is 0. The van der Waals surface area contributed by atoms with Crippen LogP contribution in [-0.2, 0) is 4.79 Å². The van der Waals surface area contributed by atoms with Crippen LogP contribution in [0.15, 0.2) is 97.3 Å². The van der Waals surface area contributed by atoms with E-state index in [2.05, 4.69) is 25.5 Å². The highest BCUT2D eigenvalue weighted by Gasteiger charge is 2.15. The fourth-order valence-corrected chi connectivity index (χ4v) is 4.18. The van der Waals surface area contributed by atoms with Gasteiger partial charge in [0.1, 0.15) is 29.4 Å². The second-order valence-corrected chi connectivity index (χ2v) is 8.95. The van der Waals surface area contributed by atoms with Gasteiger partial charge in [-0.3, -0.25) is 9.69 Å². The molecular weight excluding hydrogens is 492 g/mol. The molecule has 198 valence electrons. The van der Waals surface area contributed by atoms with Crippen LogP contribution in [0.2, 0.25) is 0 Å². The number of hydrogen-bond acceptors (Lipinski definition) is 8. The van der Waals surface area contributed by atoms with Gasteiger partial charge < -0.3 is 25.8 Å². The first kappa shape index (κ1) is 25.9. The highest BCUT2D eigenvalue weighted by Crippen LogP contribution is 2.36. The molecular formula is C30H30N6O3. The molecule has 1 fully saturated rings. The van der Waals surface area contributed by atoms with E-state index in [1.165, 1.54) is 6.33 Å². The summed E-state index contributed by atoms with van der Waals surface area (Å²) in [7, 11) is 0. The zero-order valence-corrected chi connectivity index (χ0v) is 21.4. The number of piperazine rings is 1. The predicted molar refractivity (Wildman–Crippen MR) is 152 cm³/mol. The van der Waals surface area contributed by atoms with Gasteiger partial charge in [-0.05, 0) is 42.0 Å². The molecule has 0 unspecified atom stereocenters. The maximum absolute atomic E-state index is 12.4. The Morgan fingerprint density at radius 3 is 2.46 bits per heavy atom. The molecule has 1 amide bonds. The lowest BCUT2D eigenvalue weighted by atomic mass is 10.1. The number of nitrogen functional groups attached to an aromatic ring is 1. The summed E-state index contributed by atoms with van der Waals surface area (Å²) in [6.45, 7) is 4.65. The number of para-hydroxylation sites is 1. The summed E-state index contributed by atoms with van der Waals surface area (Å²) in [5.41, 5.74) is 8.18. The van der Waals surface area contributed by atoms with Gasteiger partial charge in [0.15, 0.2) is 0 Å². The number of carbonyl (C=O) groups excluding carboxylic acids is 1. The van der Waals surface area contributed by atoms with Crippen LogP contribution in [0.3, 0.4) is 0 Å². The average molecular weight is 523 g/mol. The largest absolute Gasteiger partial charge is 0.457 e. The molecule has 1 aliphatic heterocycles. The maximum atomic E-state index is 12.4. The van der Waals surface area contributed by atoms with E-state index in [1.54, 1.807) is 30.3 Å². The van der Waals surface area contributed by atoms with E-state index in [9.17, 15) is 4.79 Å². The molecule has 0 saturated carbocycles. The Morgan fingerprint density at radius 2 is 1.67 bits per heavy atom. The van der Waals surface area contributed by atoms with Crippen LogP contribution in [0.5, 0.6) is 23.1 Å². The second-order valence-electron chi connectivity index (χ2n) is 8.95. The molecule has 0 bridgehead atoms. The fraction of sp³-hybridized carbons (Fsp3) is 0.167. The van der Waals surface area contributed by atoms with Gasteiger partial charge in [0.05, 0.1) is 5.56 Å². The minimum absolute atomic E-state index is 0.202. The molecule has 1 aromatic heterocycles. The van der Waals surface area contributed by atoms with Crippen LogP contribution in [0, 0.1) is 0 Å². The quantitative estimate of drug-likeness (QED) is 0.271. The molecule has 0 spiro atoms. The number of hydrogen-bond donors (Lipinski definition) is 3. The number of carbonyl (C=O) groups is 1. The number of benzene rings is 3. The molecule has 5 rings (SSSR count). The van der Waals surface area contributed by atoms with Gasteiger partial charge in [0.25, 0.3) is 0 Å². The minimum Gasteiger partial charge on any atom is -0.457 e. The molecule has 3 aromatic carbocycles. The number of aromatic nitrogens is 2. The van der Waals surface area contributed by atoms with Crippen LogP contribution in [0.25, 0.3) is 11.1 Å². The topological polar surface area (TPSA) is 115 Å². The number of rotatable bonds is 9. The summed E-state index contributed by atoms with van der Waals surface area (Å²) in [5.74, 6) is 2.33. The Morgan fingerprint density at radius 1 is 0.923 bits per heavy atom. The highest BCUT2D eigenvalue weighted by molar-refractivity contribution is 5.99. The van der Waals surface area contributed by atoms with Crippen LogP contribution < -0.4 is 25.8 Å². The van der Waals surface area contributed by atoms with E-state index in [-0.39, 0.29) is 11.7 Å². The van der Waals surface area contributed by atoms with E-state index in [0.29, 0.717) is 28.6 Å². The predicted octanol–water partition coefficient (Wildman–Crippen LogP) is 4.71. The number of amides is 1. The van der Waals surface area contributed by atoms with Gasteiger partial charge >= 0.3 is 0 Å². The van der Waals surface area contributed by atoms with E-state index in [0.717, 1.165) is 44.0 Å². The van der Waals surface area contributed by atoms with E-state index >= 15 is 0 Å². The van der Waals surface area contributed by atoms with Crippen molar-refractivity contribution < 1.29 is 14.3 Å². The zero-order chi connectivity index (χ0) is 26.9. The summed E-state index contributed by atoms with van der Waals surface area (Å²) in [6.07, 6.45) is 4.80. The van der Waals surface area contributed by atoms with Crippen LogP contribution >= 0.6 is 0 Å². The van der Waals surface area contributed by atoms with E-state index < -0.39 is 0 Å². The van der Waals surface area contributed by atoms with Crippen molar-refractivity contribution in [2.24, 2.45) is 0 Å². The Balaban J connectivity index is 1.26. The SMILES string of the molecule is Nc1ncnc(Oc2cccc(NC(=O)C=CCN3CCNCC3)c2)c1-c1ccc(Oc2ccccc2)cc1. The smallest absolute Gasteiger partial charge is 0.248 e. The Labute approximate surface area is 227 Å². The number of ether oxygens (including phenoxy) is 2. The number of nitrogens with one attached hydrogen (secondary N) is 2. The summed E-state index contributed by atoms with van der Waals surface area (Å²) in [5, 5.41) is 6.20. The van der Waals surface area contributed by atoms with Crippen LogP contribution in [0.1, 0.15) is 0 Å². The van der Waals surface area contributed by atoms with Crippen molar-refractivity contribution in [2.75, 3.05) is 43.8 Å². The van der Waals surface area contributed by atoms with E-state index in [1.807, 2.05) is 60.7 Å². The molecule has 0 aliphatic carbocycles. The van der Waals surface area contributed by atoms with Gasteiger partial charge in [-0.1, -0.05) is 42.5 Å². The Kier molecular flexibility index (Phi) is 8.42. The minimum atomic E-state index is -0.202. The molecule has 2 heterocycles. The molecule has 4 aromatic rings. The number of nitrogens with zero attached hydrogens (tertiary/aromatic N) is 3. The lowest BCUT2D eigenvalue weighted by Crippen LogP contribution is -2.43. The highest BCUT2D eigenvalue weighted by atomic mass is 16.5. The van der Waals surface area contributed by atoms with Gasteiger partial charge in [-0.2, -0.15) is 0 Å². The molecule has 1 aliphatic rings. The van der Waals surface area contributed by atoms with Gasteiger partial charge in [0, 0.05) is 50.6 Å². The van der Waals surface area contributed by atoms with Crippen molar-refractivity contribution in [3.8, 4) is 34.3 Å². The molecule has 9 nitrogen and oxygen atoms in total. The zero-order valence-electron chi connectivity index (χ0n) is 21.4. The van der Waals surface area contributed by atoms with Crippen molar-refractivity contribution >= 4 is 17.4 Å². The first-order valence-corrected chi connectivity index (χ1v) is 12.8. The number of nitrogens with two attached hydrogens (primary N) is 1. The molecule has 0 atom stereocenters. The third-order valence-corrected chi connectivity index (χ3v) is 6.12. The lowest BCUT2D eigenvalue weighted by Gasteiger charge is -2.25. The normalized spacial score (nSPS) is 13.7. The molecule has 0 radical (unpaired) electrons.